The van der Waals surface area contributed by atoms with Crippen LogP contribution in [0.1, 0.15) is 36.0 Å². The average Bonchev–Trinajstić information content (AvgIpc) is 3.58. The molecule has 29 heavy (non-hydrogen) atoms. The zero-order valence-electron chi connectivity index (χ0n) is 17.3. The van der Waals surface area contributed by atoms with Gasteiger partial charge in [-0.1, -0.05) is 15.9 Å². The van der Waals surface area contributed by atoms with Gasteiger partial charge < -0.3 is 14.4 Å². The Labute approximate surface area is 182 Å². The molecule has 4 rings (SSSR count). The average molecular weight is 460 g/mol. The smallest absolute Gasteiger partial charge is 0.167 e. The number of Topliss-reactive ketones (excluding diaryl/α,β-unsaturated/α-hetero) is 1. The molecule has 5 heteroatoms. The molecule has 1 aliphatic carbocycles. The first-order valence-electron chi connectivity index (χ1n) is 10.3. The summed E-state index contributed by atoms with van der Waals surface area (Å²) in [6.07, 6.45) is 4.95. The molecule has 0 N–H and O–H groups in total. The maximum absolute atomic E-state index is 12.6. The molecule has 0 amide bonds. The van der Waals surface area contributed by atoms with E-state index in [4.69, 9.17) is 9.47 Å². The van der Waals surface area contributed by atoms with Gasteiger partial charge >= 0.3 is 0 Å². The Morgan fingerprint density at radius 3 is 2.10 bits per heavy atom. The summed E-state index contributed by atoms with van der Waals surface area (Å²) >= 11 is 3.32. The lowest BCUT2D eigenvalue weighted by Gasteiger charge is -2.32. The topological polar surface area (TPSA) is 38.8 Å². The van der Waals surface area contributed by atoms with Crippen LogP contribution in [0.5, 0.6) is 11.5 Å². The third-order valence-electron chi connectivity index (χ3n) is 5.51. The standard InChI is InChI=1S/C17H23NO2.C7H7BrO/c1-20-16-8-6-14(7-9-16)17(19)15-3-2-10-18(12-15)11-13-4-5-13;1-9-7-4-2-6(8)3-5-7/h6-9,13,15H,2-5,10-12H2,1H3;2-5H,1H3. The Morgan fingerprint density at radius 1 is 0.966 bits per heavy atom. The molecule has 0 radical (unpaired) electrons. The molecular formula is C24H30BrNO3. The van der Waals surface area contributed by atoms with Crippen LogP contribution in [0.2, 0.25) is 0 Å². The molecule has 0 aromatic heterocycles. The summed E-state index contributed by atoms with van der Waals surface area (Å²) in [7, 11) is 3.30. The second-order valence-corrected chi connectivity index (χ2v) is 8.71. The number of carbonyl (C=O) groups excluding carboxylic acids is 1. The van der Waals surface area contributed by atoms with Crippen molar-refractivity contribution in [1.82, 2.24) is 4.90 Å². The largest absolute Gasteiger partial charge is 0.497 e. The summed E-state index contributed by atoms with van der Waals surface area (Å²) in [4.78, 5) is 15.1. The maximum atomic E-state index is 12.6. The number of benzene rings is 2. The van der Waals surface area contributed by atoms with Crippen molar-refractivity contribution in [2.24, 2.45) is 11.8 Å². The van der Waals surface area contributed by atoms with Crippen molar-refractivity contribution in [3.63, 3.8) is 0 Å². The van der Waals surface area contributed by atoms with Gasteiger partial charge in [-0.15, -0.1) is 0 Å². The van der Waals surface area contributed by atoms with Crippen molar-refractivity contribution in [2.75, 3.05) is 33.9 Å². The molecule has 0 spiro atoms. The van der Waals surface area contributed by atoms with Crippen LogP contribution in [0, 0.1) is 11.8 Å². The van der Waals surface area contributed by atoms with Crippen molar-refractivity contribution < 1.29 is 14.3 Å². The summed E-state index contributed by atoms with van der Waals surface area (Å²) in [6, 6.07) is 15.2. The highest BCUT2D eigenvalue weighted by molar-refractivity contribution is 9.10. The molecule has 156 valence electrons. The lowest BCUT2D eigenvalue weighted by atomic mass is 9.90. The fraction of sp³-hybridized carbons (Fsp3) is 0.458. The van der Waals surface area contributed by atoms with E-state index in [0.717, 1.165) is 46.8 Å². The molecule has 2 aromatic rings. The van der Waals surface area contributed by atoms with Crippen molar-refractivity contribution in [3.05, 3.63) is 58.6 Å². The van der Waals surface area contributed by atoms with Crippen LogP contribution in [-0.4, -0.2) is 44.5 Å². The number of hydrogen-bond acceptors (Lipinski definition) is 4. The quantitative estimate of drug-likeness (QED) is 0.537. The van der Waals surface area contributed by atoms with Crippen LogP contribution in [0.15, 0.2) is 53.0 Å². The summed E-state index contributed by atoms with van der Waals surface area (Å²) in [5.41, 5.74) is 0.823. The number of halogens is 1. The molecule has 2 aromatic carbocycles. The number of carbonyl (C=O) groups is 1. The Kier molecular flexibility index (Phi) is 8.13. The van der Waals surface area contributed by atoms with E-state index >= 15 is 0 Å². The second-order valence-electron chi connectivity index (χ2n) is 7.79. The van der Waals surface area contributed by atoms with Crippen LogP contribution < -0.4 is 9.47 Å². The second kappa shape index (κ2) is 10.8. The van der Waals surface area contributed by atoms with Crippen molar-refractivity contribution in [3.8, 4) is 11.5 Å². The van der Waals surface area contributed by atoms with E-state index in [0.29, 0.717) is 5.78 Å². The minimum absolute atomic E-state index is 0.177. The van der Waals surface area contributed by atoms with Gasteiger partial charge in [0, 0.05) is 29.0 Å². The summed E-state index contributed by atoms with van der Waals surface area (Å²) in [6.45, 7) is 3.32. The van der Waals surface area contributed by atoms with E-state index in [9.17, 15) is 4.79 Å². The molecule has 1 saturated heterocycles. The van der Waals surface area contributed by atoms with Crippen LogP contribution in [-0.2, 0) is 0 Å². The number of ether oxygens (including phenoxy) is 2. The van der Waals surface area contributed by atoms with Gasteiger partial charge in [0.05, 0.1) is 14.2 Å². The van der Waals surface area contributed by atoms with Crippen LogP contribution in [0.25, 0.3) is 0 Å². The molecule has 2 fully saturated rings. The highest BCUT2D eigenvalue weighted by Crippen LogP contribution is 2.31. The van der Waals surface area contributed by atoms with E-state index in [1.54, 1.807) is 14.2 Å². The third-order valence-corrected chi connectivity index (χ3v) is 6.04. The van der Waals surface area contributed by atoms with Gasteiger partial charge in [-0.25, -0.2) is 0 Å². The van der Waals surface area contributed by atoms with Crippen molar-refractivity contribution >= 4 is 21.7 Å². The summed E-state index contributed by atoms with van der Waals surface area (Å²) in [5.74, 6) is 3.08. The Hall–Kier alpha value is -1.85. The maximum Gasteiger partial charge on any atom is 0.167 e. The van der Waals surface area contributed by atoms with Gasteiger partial charge in [0.25, 0.3) is 0 Å². The summed E-state index contributed by atoms with van der Waals surface area (Å²) in [5, 5.41) is 0. The van der Waals surface area contributed by atoms with Gasteiger partial charge in [0.15, 0.2) is 5.78 Å². The molecule has 1 unspecified atom stereocenters. The molecule has 1 saturated carbocycles. The first kappa shape index (κ1) is 21.8. The van der Waals surface area contributed by atoms with Crippen molar-refractivity contribution in [2.45, 2.75) is 25.7 Å². The molecular weight excluding hydrogens is 430 g/mol. The number of rotatable bonds is 6. The monoisotopic (exact) mass is 459 g/mol. The first-order valence-corrected chi connectivity index (χ1v) is 11.1. The molecule has 1 atom stereocenters. The van der Waals surface area contributed by atoms with Gasteiger partial charge in [-0.3, -0.25) is 4.79 Å². The minimum Gasteiger partial charge on any atom is -0.497 e. The molecule has 1 aliphatic heterocycles. The number of hydrogen-bond donors (Lipinski definition) is 0. The molecule has 1 heterocycles. The zero-order chi connectivity index (χ0) is 20.6. The Bertz CT molecular complexity index is 772. The van der Waals surface area contributed by atoms with Crippen LogP contribution in [0.3, 0.4) is 0 Å². The summed E-state index contributed by atoms with van der Waals surface area (Å²) < 4.78 is 11.2. The normalized spacial score (nSPS) is 19.1. The number of likely N-dealkylation sites (tertiary alicyclic amines) is 1. The highest BCUT2D eigenvalue weighted by atomic mass is 79.9. The highest BCUT2D eigenvalue weighted by Gasteiger charge is 2.30. The Balaban J connectivity index is 0.000000224. The predicted octanol–water partition coefficient (Wildman–Crippen LogP) is 5.46. The fourth-order valence-corrected chi connectivity index (χ4v) is 3.93. The van der Waals surface area contributed by atoms with Gasteiger partial charge in [-0.2, -0.15) is 0 Å². The number of ketones is 1. The fourth-order valence-electron chi connectivity index (χ4n) is 3.66. The molecule has 2 aliphatic rings. The van der Waals surface area contributed by atoms with Crippen LogP contribution in [0.4, 0.5) is 0 Å². The number of methoxy groups -OCH3 is 2. The SMILES string of the molecule is COc1ccc(Br)cc1.COc1ccc(C(=O)C2CCCN(CC3CC3)C2)cc1. The zero-order valence-corrected chi connectivity index (χ0v) is 18.9. The lowest BCUT2D eigenvalue weighted by Crippen LogP contribution is -2.39. The first-order chi connectivity index (χ1) is 14.1. The van der Waals surface area contributed by atoms with E-state index in [1.165, 1.54) is 25.9 Å². The van der Waals surface area contributed by atoms with E-state index < -0.39 is 0 Å². The number of nitrogens with zero attached hydrogens (tertiary/aromatic N) is 1. The van der Waals surface area contributed by atoms with Gasteiger partial charge in [0.2, 0.25) is 0 Å². The molecule has 0 bridgehead atoms. The minimum atomic E-state index is 0.177. The Morgan fingerprint density at radius 2 is 1.55 bits per heavy atom. The predicted molar refractivity (Wildman–Crippen MR) is 120 cm³/mol. The van der Waals surface area contributed by atoms with Gasteiger partial charge in [0.1, 0.15) is 11.5 Å². The van der Waals surface area contributed by atoms with E-state index in [-0.39, 0.29) is 5.92 Å². The van der Waals surface area contributed by atoms with Crippen molar-refractivity contribution in [1.29, 1.82) is 0 Å². The van der Waals surface area contributed by atoms with Crippen LogP contribution >= 0.6 is 15.9 Å². The third kappa shape index (κ3) is 6.86. The number of piperidine rings is 1. The van der Waals surface area contributed by atoms with E-state index in [1.807, 2.05) is 48.5 Å². The van der Waals surface area contributed by atoms with E-state index in [2.05, 4.69) is 20.8 Å². The van der Waals surface area contributed by atoms with Gasteiger partial charge in [-0.05, 0) is 86.7 Å². The molecule has 4 nitrogen and oxygen atoms in total. The lowest BCUT2D eigenvalue weighted by molar-refractivity contribution is 0.0814.